The van der Waals surface area contributed by atoms with Crippen molar-refractivity contribution < 1.29 is 4.74 Å². The Morgan fingerprint density at radius 2 is 2.05 bits per heavy atom. The highest BCUT2D eigenvalue weighted by molar-refractivity contribution is 9.09. The van der Waals surface area contributed by atoms with Gasteiger partial charge in [-0.25, -0.2) is 0 Å². The Bertz CT molecular complexity index is 580. The normalized spacial score (nSPS) is 12.4. The quantitative estimate of drug-likeness (QED) is 0.705. The number of aromatic nitrogens is 2. The van der Waals surface area contributed by atoms with Gasteiger partial charge < -0.3 is 4.74 Å². The van der Waals surface area contributed by atoms with Crippen molar-refractivity contribution in [1.29, 1.82) is 0 Å². The van der Waals surface area contributed by atoms with Crippen molar-refractivity contribution in [3.8, 4) is 5.75 Å². The van der Waals surface area contributed by atoms with Gasteiger partial charge in [0.25, 0.3) is 0 Å². The Balaban J connectivity index is 2.13. The zero-order chi connectivity index (χ0) is 15.2. The molecular formula is C17H23BrN2O. The third kappa shape index (κ3) is 4.10. The van der Waals surface area contributed by atoms with Crippen molar-refractivity contribution in [2.24, 2.45) is 5.92 Å². The Morgan fingerprint density at radius 1 is 1.29 bits per heavy atom. The van der Waals surface area contributed by atoms with Crippen molar-refractivity contribution in [1.82, 2.24) is 9.78 Å². The maximum absolute atomic E-state index is 5.46. The molecule has 0 radical (unpaired) electrons. The predicted molar refractivity (Wildman–Crippen MR) is 90.3 cm³/mol. The second-order valence-corrected chi connectivity index (χ2v) is 5.98. The number of aryl methyl sites for hydroxylation is 2. The molecule has 0 fully saturated rings. The topological polar surface area (TPSA) is 27.1 Å². The summed E-state index contributed by atoms with van der Waals surface area (Å²) in [5, 5.41) is 5.51. The molecule has 0 aliphatic rings. The number of ether oxygens (including phenoxy) is 1. The monoisotopic (exact) mass is 350 g/mol. The molecule has 2 rings (SSSR count). The molecule has 0 N–H and O–H groups in total. The molecule has 2 aromatic rings. The van der Waals surface area contributed by atoms with Gasteiger partial charge in [-0.1, -0.05) is 34.1 Å². The van der Waals surface area contributed by atoms with E-state index >= 15 is 0 Å². The Hall–Kier alpha value is -1.29. The van der Waals surface area contributed by atoms with Crippen molar-refractivity contribution >= 4 is 15.9 Å². The van der Waals surface area contributed by atoms with Crippen molar-refractivity contribution in [3.63, 3.8) is 0 Å². The van der Waals surface area contributed by atoms with Gasteiger partial charge in [-0.3, -0.25) is 4.68 Å². The molecule has 0 spiro atoms. The first-order chi connectivity index (χ1) is 10.2. The number of nitrogens with zero attached hydrogens (tertiary/aromatic N) is 2. The van der Waals surface area contributed by atoms with Crippen LogP contribution in [0.3, 0.4) is 0 Å². The van der Waals surface area contributed by atoms with Gasteiger partial charge >= 0.3 is 0 Å². The second kappa shape index (κ2) is 7.64. The Kier molecular flexibility index (Phi) is 5.85. The van der Waals surface area contributed by atoms with Crippen LogP contribution in [0, 0.1) is 12.8 Å². The number of halogens is 1. The van der Waals surface area contributed by atoms with Gasteiger partial charge in [0.05, 0.1) is 12.8 Å². The SMILES string of the molecule is CCn1nc(C)cc1CC(CBr)Cc1ccccc1OC. The van der Waals surface area contributed by atoms with E-state index < -0.39 is 0 Å². The fraction of sp³-hybridized carbons (Fsp3) is 0.471. The number of methoxy groups -OCH3 is 1. The minimum absolute atomic E-state index is 0.530. The molecule has 0 saturated carbocycles. The van der Waals surface area contributed by atoms with Crippen LogP contribution in [0.4, 0.5) is 0 Å². The van der Waals surface area contributed by atoms with E-state index in [4.69, 9.17) is 4.74 Å². The van der Waals surface area contributed by atoms with Crippen LogP contribution in [-0.2, 0) is 19.4 Å². The van der Waals surface area contributed by atoms with Crippen LogP contribution >= 0.6 is 15.9 Å². The maximum atomic E-state index is 5.46. The minimum Gasteiger partial charge on any atom is -0.496 e. The number of alkyl halides is 1. The average molecular weight is 351 g/mol. The molecule has 4 heteroatoms. The summed E-state index contributed by atoms with van der Waals surface area (Å²) in [5.74, 6) is 1.51. The Morgan fingerprint density at radius 3 is 2.71 bits per heavy atom. The lowest BCUT2D eigenvalue weighted by Gasteiger charge is -2.16. The molecule has 0 bridgehead atoms. The number of benzene rings is 1. The van der Waals surface area contributed by atoms with Crippen LogP contribution in [0.15, 0.2) is 30.3 Å². The van der Waals surface area contributed by atoms with Gasteiger partial charge in [-0.15, -0.1) is 0 Å². The van der Waals surface area contributed by atoms with Crippen LogP contribution < -0.4 is 4.74 Å². The predicted octanol–water partition coefficient (Wildman–Crippen LogP) is 4.02. The summed E-state index contributed by atoms with van der Waals surface area (Å²) in [4.78, 5) is 0. The molecule has 21 heavy (non-hydrogen) atoms. The van der Waals surface area contributed by atoms with Crippen LogP contribution in [0.1, 0.15) is 23.9 Å². The fourth-order valence-electron chi connectivity index (χ4n) is 2.70. The lowest BCUT2D eigenvalue weighted by molar-refractivity contribution is 0.405. The second-order valence-electron chi connectivity index (χ2n) is 5.33. The smallest absolute Gasteiger partial charge is 0.122 e. The van der Waals surface area contributed by atoms with E-state index in [1.54, 1.807) is 7.11 Å². The van der Waals surface area contributed by atoms with E-state index in [2.05, 4.69) is 57.8 Å². The summed E-state index contributed by atoms with van der Waals surface area (Å²) >= 11 is 3.66. The van der Waals surface area contributed by atoms with E-state index in [-0.39, 0.29) is 0 Å². The van der Waals surface area contributed by atoms with E-state index in [0.29, 0.717) is 5.92 Å². The highest BCUT2D eigenvalue weighted by Crippen LogP contribution is 2.24. The van der Waals surface area contributed by atoms with Gasteiger partial charge in [0.1, 0.15) is 5.75 Å². The van der Waals surface area contributed by atoms with Gasteiger partial charge in [0, 0.05) is 17.6 Å². The molecule has 0 amide bonds. The maximum Gasteiger partial charge on any atom is 0.122 e. The number of hydrogen-bond donors (Lipinski definition) is 0. The summed E-state index contributed by atoms with van der Waals surface area (Å²) in [6, 6.07) is 10.5. The van der Waals surface area contributed by atoms with E-state index in [1.165, 1.54) is 11.3 Å². The van der Waals surface area contributed by atoms with Gasteiger partial charge in [-0.05, 0) is 50.3 Å². The largest absolute Gasteiger partial charge is 0.496 e. The molecule has 1 atom stereocenters. The fourth-order valence-corrected chi connectivity index (χ4v) is 3.15. The van der Waals surface area contributed by atoms with Crippen LogP contribution in [0.25, 0.3) is 0 Å². The lowest BCUT2D eigenvalue weighted by atomic mass is 9.96. The summed E-state index contributed by atoms with van der Waals surface area (Å²) < 4.78 is 7.56. The summed E-state index contributed by atoms with van der Waals surface area (Å²) in [7, 11) is 1.73. The Labute approximate surface area is 135 Å². The number of hydrogen-bond acceptors (Lipinski definition) is 2. The highest BCUT2D eigenvalue weighted by Gasteiger charge is 2.15. The molecule has 114 valence electrons. The first-order valence-electron chi connectivity index (χ1n) is 7.39. The molecule has 0 aliphatic heterocycles. The molecule has 1 aromatic heterocycles. The highest BCUT2D eigenvalue weighted by atomic mass is 79.9. The zero-order valence-corrected chi connectivity index (χ0v) is 14.6. The van der Waals surface area contributed by atoms with Crippen LogP contribution in [0.5, 0.6) is 5.75 Å². The standard InChI is InChI=1S/C17H23BrN2O/c1-4-20-16(9-13(2)19-20)11-14(12-18)10-15-7-5-6-8-17(15)21-3/h5-9,14H,4,10-12H2,1-3H3. The number of rotatable bonds is 7. The van der Waals surface area contributed by atoms with E-state index in [9.17, 15) is 0 Å². The van der Waals surface area contributed by atoms with E-state index in [1.807, 2.05) is 12.1 Å². The summed E-state index contributed by atoms with van der Waals surface area (Å²) in [5.41, 5.74) is 3.68. The summed E-state index contributed by atoms with van der Waals surface area (Å²) in [6.07, 6.45) is 2.03. The van der Waals surface area contributed by atoms with Crippen molar-refractivity contribution in [2.45, 2.75) is 33.2 Å². The molecule has 0 saturated heterocycles. The first-order valence-corrected chi connectivity index (χ1v) is 8.51. The third-order valence-corrected chi connectivity index (χ3v) is 4.62. The third-order valence-electron chi connectivity index (χ3n) is 3.70. The van der Waals surface area contributed by atoms with Crippen LogP contribution in [-0.4, -0.2) is 22.2 Å². The van der Waals surface area contributed by atoms with Gasteiger partial charge in [0.15, 0.2) is 0 Å². The summed E-state index contributed by atoms with van der Waals surface area (Å²) in [6.45, 7) is 5.12. The zero-order valence-electron chi connectivity index (χ0n) is 13.0. The van der Waals surface area contributed by atoms with Crippen molar-refractivity contribution in [2.75, 3.05) is 12.4 Å². The average Bonchev–Trinajstić information content (AvgIpc) is 2.86. The number of para-hydroxylation sites is 1. The van der Waals surface area contributed by atoms with Gasteiger partial charge in [-0.2, -0.15) is 5.10 Å². The van der Waals surface area contributed by atoms with Gasteiger partial charge in [0.2, 0.25) is 0 Å². The van der Waals surface area contributed by atoms with Crippen LogP contribution in [0.2, 0.25) is 0 Å². The first kappa shape index (κ1) is 16.1. The molecule has 1 aromatic carbocycles. The van der Waals surface area contributed by atoms with E-state index in [0.717, 1.165) is 36.2 Å². The minimum atomic E-state index is 0.530. The lowest BCUT2D eigenvalue weighted by Crippen LogP contribution is -2.14. The molecule has 1 heterocycles. The molecule has 3 nitrogen and oxygen atoms in total. The molecular weight excluding hydrogens is 328 g/mol. The van der Waals surface area contributed by atoms with Crippen molar-refractivity contribution in [3.05, 3.63) is 47.3 Å². The molecule has 1 unspecified atom stereocenters. The molecule has 0 aliphatic carbocycles.